The minimum absolute atomic E-state index is 0.270. The van der Waals surface area contributed by atoms with E-state index in [1.54, 1.807) is 0 Å². The maximum atomic E-state index is 10.9. The number of aryl methyl sites for hydroxylation is 1. The molecule has 6 aromatic rings. The molecule has 2 heteroatoms. The number of hydrogen-bond donors (Lipinski definition) is 1. The molecule has 40 heavy (non-hydrogen) atoms. The van der Waals surface area contributed by atoms with Crippen LogP contribution in [-0.4, -0.2) is 5.11 Å². The van der Waals surface area contributed by atoms with Crippen LogP contribution in [-0.2, 0) is 0 Å². The molecule has 0 aromatic heterocycles. The molecule has 1 N–H and O–H groups in total. The molecule has 0 radical (unpaired) electrons. The molecule has 0 heterocycles. The highest BCUT2D eigenvalue weighted by Gasteiger charge is 2.17. The summed E-state index contributed by atoms with van der Waals surface area (Å²) in [4.78, 5) is 2.27. The molecule has 196 valence electrons. The first kappa shape index (κ1) is 25.6. The van der Waals surface area contributed by atoms with Crippen molar-refractivity contribution in [2.45, 2.75) is 25.9 Å². The van der Waals surface area contributed by atoms with Crippen LogP contribution in [0.5, 0.6) is 0 Å². The van der Waals surface area contributed by atoms with E-state index in [-0.39, 0.29) is 5.92 Å². The molecular weight excluding hydrogens is 486 g/mol. The Labute approximate surface area is 236 Å². The molecule has 2 atom stereocenters. The van der Waals surface area contributed by atoms with Gasteiger partial charge in [-0.1, -0.05) is 122 Å². The molecule has 0 aliphatic carbocycles. The van der Waals surface area contributed by atoms with Crippen LogP contribution in [0.3, 0.4) is 0 Å². The van der Waals surface area contributed by atoms with Crippen molar-refractivity contribution in [1.82, 2.24) is 0 Å². The van der Waals surface area contributed by atoms with Crippen molar-refractivity contribution in [1.29, 1.82) is 0 Å². The van der Waals surface area contributed by atoms with Crippen LogP contribution in [0.1, 0.15) is 46.8 Å². The van der Waals surface area contributed by atoms with Crippen molar-refractivity contribution >= 4 is 27.8 Å². The van der Waals surface area contributed by atoms with E-state index in [4.69, 9.17) is 0 Å². The van der Waals surface area contributed by atoms with Gasteiger partial charge in [0.2, 0.25) is 0 Å². The summed E-state index contributed by atoms with van der Waals surface area (Å²) in [6.45, 7) is 4.39. The van der Waals surface area contributed by atoms with Gasteiger partial charge in [-0.25, -0.2) is 0 Å². The van der Waals surface area contributed by atoms with Gasteiger partial charge in [-0.05, 0) is 76.3 Å². The minimum atomic E-state index is -0.655. The zero-order valence-corrected chi connectivity index (χ0v) is 22.9. The third-order valence-electron chi connectivity index (χ3n) is 7.82. The molecule has 0 saturated heterocycles. The lowest BCUT2D eigenvalue weighted by Crippen LogP contribution is -2.10. The van der Waals surface area contributed by atoms with E-state index < -0.39 is 6.10 Å². The van der Waals surface area contributed by atoms with E-state index in [1.165, 1.54) is 27.5 Å². The summed E-state index contributed by atoms with van der Waals surface area (Å²) in [5.74, 6) is 0.270. The molecule has 0 aliphatic rings. The molecule has 0 aliphatic heterocycles. The zero-order valence-electron chi connectivity index (χ0n) is 22.9. The molecule has 0 saturated carbocycles. The van der Waals surface area contributed by atoms with Gasteiger partial charge in [-0.15, -0.1) is 0 Å². The van der Waals surface area contributed by atoms with Gasteiger partial charge in [0, 0.05) is 23.0 Å². The lowest BCUT2D eigenvalue weighted by molar-refractivity contribution is 0.220. The van der Waals surface area contributed by atoms with Gasteiger partial charge < -0.3 is 10.0 Å². The summed E-state index contributed by atoms with van der Waals surface area (Å²) in [6.07, 6.45) is -0.655. The van der Waals surface area contributed by atoms with Crippen LogP contribution < -0.4 is 4.90 Å². The lowest BCUT2D eigenvalue weighted by atomic mass is 9.89. The highest BCUT2D eigenvalue weighted by Crippen LogP contribution is 2.37. The van der Waals surface area contributed by atoms with Crippen molar-refractivity contribution in [3.63, 3.8) is 0 Å². The summed E-state index contributed by atoms with van der Waals surface area (Å²) >= 11 is 0. The maximum absolute atomic E-state index is 10.9. The molecular formula is C38H33NO. The Morgan fingerprint density at radius 2 is 1.00 bits per heavy atom. The summed E-state index contributed by atoms with van der Waals surface area (Å²) < 4.78 is 0. The smallest absolute Gasteiger partial charge is 0.104 e. The Bertz CT molecular complexity index is 1700. The molecule has 0 spiro atoms. The first-order valence-electron chi connectivity index (χ1n) is 13.9. The van der Waals surface area contributed by atoms with Crippen LogP contribution in [0.4, 0.5) is 17.1 Å². The highest BCUT2D eigenvalue weighted by atomic mass is 16.3. The molecule has 0 bridgehead atoms. The van der Waals surface area contributed by atoms with Crippen LogP contribution in [0.2, 0.25) is 0 Å². The number of aliphatic hydroxyl groups excluding tert-OH is 1. The van der Waals surface area contributed by atoms with Crippen molar-refractivity contribution in [2.75, 3.05) is 4.90 Å². The third-order valence-corrected chi connectivity index (χ3v) is 7.82. The van der Waals surface area contributed by atoms with Gasteiger partial charge >= 0.3 is 0 Å². The molecule has 6 rings (SSSR count). The first-order chi connectivity index (χ1) is 19.6. The van der Waals surface area contributed by atoms with Crippen molar-refractivity contribution in [3.05, 3.63) is 173 Å². The van der Waals surface area contributed by atoms with E-state index >= 15 is 0 Å². The largest absolute Gasteiger partial charge is 0.384 e. The summed E-state index contributed by atoms with van der Waals surface area (Å²) in [7, 11) is 0. The van der Waals surface area contributed by atoms with Crippen molar-refractivity contribution in [3.8, 4) is 0 Å². The number of benzene rings is 6. The van der Waals surface area contributed by atoms with Crippen LogP contribution >= 0.6 is 0 Å². The molecule has 0 fully saturated rings. The second kappa shape index (κ2) is 11.2. The van der Waals surface area contributed by atoms with Gasteiger partial charge in [0.15, 0.2) is 0 Å². The minimum Gasteiger partial charge on any atom is -0.384 e. The Kier molecular flexibility index (Phi) is 7.18. The van der Waals surface area contributed by atoms with E-state index in [0.29, 0.717) is 0 Å². The van der Waals surface area contributed by atoms with Crippen LogP contribution in [0.15, 0.2) is 146 Å². The van der Waals surface area contributed by atoms with Gasteiger partial charge in [0.05, 0.1) is 0 Å². The summed E-state index contributed by atoms with van der Waals surface area (Å²) in [6, 6.07) is 50.7. The summed E-state index contributed by atoms with van der Waals surface area (Å²) in [5.41, 5.74) is 8.84. The standard InChI is InChI=1S/C38H33NO/c1-27-15-21-33(22-16-27)39(35-25-19-32(20-26-35)38(40)31-10-4-3-5-11-31)34-23-17-29(18-24-34)28(2)36-14-8-12-30-9-6-7-13-37(30)36/h3-26,28,38,40H,1-2H3. The fourth-order valence-electron chi connectivity index (χ4n) is 5.49. The highest BCUT2D eigenvalue weighted by molar-refractivity contribution is 5.86. The van der Waals surface area contributed by atoms with E-state index in [9.17, 15) is 5.11 Å². The Hall–Kier alpha value is -4.66. The van der Waals surface area contributed by atoms with E-state index in [1.807, 2.05) is 42.5 Å². The average molecular weight is 520 g/mol. The number of anilines is 3. The Balaban J connectivity index is 1.34. The third kappa shape index (κ3) is 5.14. The number of nitrogens with zero attached hydrogens (tertiary/aromatic N) is 1. The van der Waals surface area contributed by atoms with Gasteiger partial charge in [-0.2, -0.15) is 0 Å². The fourth-order valence-corrected chi connectivity index (χ4v) is 5.49. The average Bonchev–Trinajstić information content (AvgIpc) is 3.02. The lowest BCUT2D eigenvalue weighted by Gasteiger charge is -2.27. The quantitative estimate of drug-likeness (QED) is 0.227. The van der Waals surface area contributed by atoms with Crippen LogP contribution in [0.25, 0.3) is 10.8 Å². The zero-order chi connectivity index (χ0) is 27.5. The Morgan fingerprint density at radius 1 is 0.500 bits per heavy atom. The number of hydrogen-bond acceptors (Lipinski definition) is 2. The Morgan fingerprint density at radius 3 is 1.65 bits per heavy atom. The molecule has 6 aromatic carbocycles. The van der Waals surface area contributed by atoms with Gasteiger partial charge in [-0.3, -0.25) is 0 Å². The second-order valence-electron chi connectivity index (χ2n) is 10.5. The summed E-state index contributed by atoms with van der Waals surface area (Å²) in [5, 5.41) is 13.5. The molecule has 2 unspecified atom stereocenters. The fraction of sp³-hybridized carbons (Fsp3) is 0.105. The number of fused-ring (bicyclic) bond motifs is 1. The molecule has 2 nitrogen and oxygen atoms in total. The predicted molar refractivity (Wildman–Crippen MR) is 168 cm³/mol. The SMILES string of the molecule is Cc1ccc(N(c2ccc(C(C)c3cccc4ccccc34)cc2)c2ccc(C(O)c3ccccc3)cc2)cc1. The van der Waals surface area contributed by atoms with Crippen molar-refractivity contribution in [2.24, 2.45) is 0 Å². The molecule has 0 amide bonds. The van der Waals surface area contributed by atoms with Crippen molar-refractivity contribution < 1.29 is 5.11 Å². The monoisotopic (exact) mass is 519 g/mol. The van der Waals surface area contributed by atoms with E-state index in [0.717, 1.165) is 28.2 Å². The predicted octanol–water partition coefficient (Wildman–Crippen LogP) is 9.85. The van der Waals surface area contributed by atoms with Crippen LogP contribution in [0, 0.1) is 6.92 Å². The van der Waals surface area contributed by atoms with Gasteiger partial charge in [0.25, 0.3) is 0 Å². The maximum Gasteiger partial charge on any atom is 0.104 e. The number of rotatable bonds is 7. The normalized spacial score (nSPS) is 12.7. The second-order valence-corrected chi connectivity index (χ2v) is 10.5. The van der Waals surface area contributed by atoms with Gasteiger partial charge in [0.1, 0.15) is 6.10 Å². The number of aliphatic hydroxyl groups is 1. The van der Waals surface area contributed by atoms with E-state index in [2.05, 4.69) is 122 Å². The first-order valence-corrected chi connectivity index (χ1v) is 13.9. The topological polar surface area (TPSA) is 23.5 Å².